The van der Waals surface area contributed by atoms with E-state index < -0.39 is 0 Å². The standard InChI is InChI=1S/C15H22N4OS/c1-2-12(16)14(13-4-3-10-20-13)18-6-8-19(9-7-18)15-17-5-11-21-15/h3-5,10-12,14H,2,6-9,16H2,1H3. The summed E-state index contributed by atoms with van der Waals surface area (Å²) in [6.07, 6.45) is 4.54. The predicted octanol–water partition coefficient (Wildman–Crippen LogP) is 2.34. The van der Waals surface area contributed by atoms with Gasteiger partial charge in [-0.15, -0.1) is 11.3 Å². The molecule has 0 saturated carbocycles. The van der Waals surface area contributed by atoms with E-state index in [2.05, 4.69) is 21.7 Å². The summed E-state index contributed by atoms with van der Waals surface area (Å²) < 4.78 is 5.63. The fourth-order valence-electron chi connectivity index (χ4n) is 2.91. The van der Waals surface area contributed by atoms with Crippen LogP contribution < -0.4 is 10.6 Å². The smallest absolute Gasteiger partial charge is 0.185 e. The quantitative estimate of drug-likeness (QED) is 0.919. The number of nitrogens with zero attached hydrogens (tertiary/aromatic N) is 3. The third kappa shape index (κ3) is 3.12. The summed E-state index contributed by atoms with van der Waals surface area (Å²) in [6, 6.07) is 4.25. The third-order valence-corrected chi connectivity index (χ3v) is 4.94. The van der Waals surface area contributed by atoms with E-state index in [1.807, 2.05) is 23.7 Å². The molecule has 0 bridgehead atoms. The molecule has 2 aromatic heterocycles. The van der Waals surface area contributed by atoms with Crippen molar-refractivity contribution in [3.05, 3.63) is 35.7 Å². The van der Waals surface area contributed by atoms with Crippen LogP contribution in [0.15, 0.2) is 34.4 Å². The van der Waals surface area contributed by atoms with Gasteiger partial charge in [-0.3, -0.25) is 4.90 Å². The minimum atomic E-state index is 0.0996. The van der Waals surface area contributed by atoms with Crippen molar-refractivity contribution in [3.63, 3.8) is 0 Å². The zero-order valence-electron chi connectivity index (χ0n) is 12.3. The second kappa shape index (κ2) is 6.60. The van der Waals surface area contributed by atoms with Crippen molar-refractivity contribution in [1.82, 2.24) is 9.88 Å². The minimum absolute atomic E-state index is 0.0996. The van der Waals surface area contributed by atoms with Gasteiger partial charge in [-0.25, -0.2) is 4.98 Å². The van der Waals surface area contributed by atoms with Crippen LogP contribution in [0.5, 0.6) is 0 Å². The first kappa shape index (κ1) is 14.6. The average Bonchev–Trinajstić information content (AvgIpc) is 3.21. The van der Waals surface area contributed by atoms with E-state index in [9.17, 15) is 0 Å². The lowest BCUT2D eigenvalue weighted by Crippen LogP contribution is -2.51. The number of aromatic nitrogens is 1. The largest absolute Gasteiger partial charge is 0.468 e. The summed E-state index contributed by atoms with van der Waals surface area (Å²) in [7, 11) is 0. The molecule has 1 aliphatic heterocycles. The molecule has 5 nitrogen and oxygen atoms in total. The Kier molecular flexibility index (Phi) is 4.57. The van der Waals surface area contributed by atoms with E-state index in [-0.39, 0.29) is 12.1 Å². The van der Waals surface area contributed by atoms with Crippen LogP contribution in [0.4, 0.5) is 5.13 Å². The normalized spacial score (nSPS) is 19.6. The molecule has 1 aliphatic rings. The van der Waals surface area contributed by atoms with Gasteiger partial charge in [0.1, 0.15) is 5.76 Å². The van der Waals surface area contributed by atoms with Gasteiger partial charge in [0.15, 0.2) is 5.13 Å². The fraction of sp³-hybridized carbons (Fsp3) is 0.533. The lowest BCUT2D eigenvalue weighted by atomic mass is 10.0. The van der Waals surface area contributed by atoms with Crippen molar-refractivity contribution < 1.29 is 4.42 Å². The fourth-order valence-corrected chi connectivity index (χ4v) is 3.60. The number of anilines is 1. The lowest BCUT2D eigenvalue weighted by molar-refractivity contribution is 0.140. The second-order valence-corrected chi connectivity index (χ2v) is 6.24. The van der Waals surface area contributed by atoms with Crippen LogP contribution in [-0.4, -0.2) is 42.1 Å². The molecular weight excluding hydrogens is 284 g/mol. The number of furan rings is 1. The number of thiazole rings is 1. The van der Waals surface area contributed by atoms with Crippen LogP contribution >= 0.6 is 11.3 Å². The molecule has 21 heavy (non-hydrogen) atoms. The molecule has 2 unspecified atom stereocenters. The Balaban J connectivity index is 1.68. The Morgan fingerprint density at radius 2 is 2.19 bits per heavy atom. The highest BCUT2D eigenvalue weighted by Gasteiger charge is 2.31. The van der Waals surface area contributed by atoms with Crippen LogP contribution in [0.25, 0.3) is 0 Å². The van der Waals surface area contributed by atoms with Crippen LogP contribution in [0, 0.1) is 0 Å². The summed E-state index contributed by atoms with van der Waals surface area (Å²) in [5.41, 5.74) is 6.34. The van der Waals surface area contributed by atoms with E-state index in [4.69, 9.17) is 10.2 Å². The van der Waals surface area contributed by atoms with Gasteiger partial charge in [-0.2, -0.15) is 0 Å². The summed E-state index contributed by atoms with van der Waals surface area (Å²) in [5.74, 6) is 0.979. The molecule has 2 N–H and O–H groups in total. The Morgan fingerprint density at radius 3 is 2.76 bits per heavy atom. The third-order valence-electron chi connectivity index (χ3n) is 4.11. The van der Waals surface area contributed by atoms with Gasteiger partial charge < -0.3 is 15.1 Å². The molecule has 3 rings (SSSR count). The van der Waals surface area contributed by atoms with Crippen molar-refractivity contribution in [2.45, 2.75) is 25.4 Å². The monoisotopic (exact) mass is 306 g/mol. The maximum atomic E-state index is 6.34. The highest BCUT2D eigenvalue weighted by molar-refractivity contribution is 7.13. The molecule has 6 heteroatoms. The second-order valence-electron chi connectivity index (χ2n) is 5.37. The first-order chi connectivity index (χ1) is 10.3. The molecule has 0 aliphatic carbocycles. The van der Waals surface area contributed by atoms with E-state index in [1.54, 1.807) is 17.6 Å². The van der Waals surface area contributed by atoms with E-state index in [0.717, 1.165) is 43.5 Å². The summed E-state index contributed by atoms with van der Waals surface area (Å²) in [5, 5.41) is 3.14. The minimum Gasteiger partial charge on any atom is -0.468 e. The van der Waals surface area contributed by atoms with E-state index in [0.29, 0.717) is 0 Å². The molecule has 1 saturated heterocycles. The average molecular weight is 306 g/mol. The highest BCUT2D eigenvalue weighted by Crippen LogP contribution is 2.28. The number of piperazine rings is 1. The number of hydrogen-bond donors (Lipinski definition) is 1. The van der Waals surface area contributed by atoms with Crippen LogP contribution in [0.3, 0.4) is 0 Å². The van der Waals surface area contributed by atoms with Gasteiger partial charge in [0.2, 0.25) is 0 Å². The summed E-state index contributed by atoms with van der Waals surface area (Å²) in [4.78, 5) is 9.18. The van der Waals surface area contributed by atoms with Crippen molar-refractivity contribution in [3.8, 4) is 0 Å². The molecule has 2 aromatic rings. The number of hydrogen-bond acceptors (Lipinski definition) is 6. The molecule has 3 heterocycles. The Morgan fingerprint density at radius 1 is 1.38 bits per heavy atom. The van der Waals surface area contributed by atoms with Crippen molar-refractivity contribution in [1.29, 1.82) is 0 Å². The zero-order chi connectivity index (χ0) is 14.7. The van der Waals surface area contributed by atoms with Crippen LogP contribution in [-0.2, 0) is 0 Å². The van der Waals surface area contributed by atoms with Crippen molar-refractivity contribution in [2.24, 2.45) is 5.73 Å². The molecule has 0 spiro atoms. The lowest BCUT2D eigenvalue weighted by Gasteiger charge is -2.40. The molecule has 2 atom stereocenters. The van der Waals surface area contributed by atoms with Gasteiger partial charge in [0.05, 0.1) is 12.3 Å². The Labute approximate surface area is 129 Å². The molecule has 114 valence electrons. The van der Waals surface area contributed by atoms with Gasteiger partial charge in [-0.1, -0.05) is 6.92 Å². The SMILES string of the molecule is CCC(N)C(c1ccco1)N1CCN(c2nccs2)CC1. The maximum Gasteiger partial charge on any atom is 0.185 e. The highest BCUT2D eigenvalue weighted by atomic mass is 32.1. The first-order valence-electron chi connectivity index (χ1n) is 7.47. The van der Waals surface area contributed by atoms with Gasteiger partial charge >= 0.3 is 0 Å². The van der Waals surface area contributed by atoms with Crippen molar-refractivity contribution >= 4 is 16.5 Å². The number of nitrogens with two attached hydrogens (primary N) is 1. The van der Waals surface area contributed by atoms with E-state index >= 15 is 0 Å². The first-order valence-corrected chi connectivity index (χ1v) is 8.35. The summed E-state index contributed by atoms with van der Waals surface area (Å²) >= 11 is 1.70. The Hall–Kier alpha value is -1.37. The van der Waals surface area contributed by atoms with Gasteiger partial charge in [0, 0.05) is 43.8 Å². The molecule has 0 radical (unpaired) electrons. The molecule has 1 fully saturated rings. The molecule has 0 amide bonds. The maximum absolute atomic E-state index is 6.34. The zero-order valence-corrected chi connectivity index (χ0v) is 13.1. The Bertz CT molecular complexity index is 520. The predicted molar refractivity (Wildman–Crippen MR) is 85.6 cm³/mol. The number of rotatable bonds is 5. The van der Waals surface area contributed by atoms with Crippen LogP contribution in [0.2, 0.25) is 0 Å². The van der Waals surface area contributed by atoms with E-state index in [1.165, 1.54) is 0 Å². The topological polar surface area (TPSA) is 58.5 Å². The van der Waals surface area contributed by atoms with Crippen molar-refractivity contribution in [2.75, 3.05) is 31.1 Å². The molecule has 0 aromatic carbocycles. The molecular formula is C15H22N4OS. The van der Waals surface area contributed by atoms with Crippen LogP contribution in [0.1, 0.15) is 25.1 Å². The summed E-state index contributed by atoms with van der Waals surface area (Å²) in [6.45, 7) is 6.08. The van der Waals surface area contributed by atoms with Gasteiger partial charge in [0.25, 0.3) is 0 Å². The van der Waals surface area contributed by atoms with Gasteiger partial charge in [-0.05, 0) is 18.6 Å².